The van der Waals surface area contributed by atoms with Gasteiger partial charge in [-0.25, -0.2) is 0 Å². The maximum Gasteiger partial charge on any atom is 0.323 e. The van der Waals surface area contributed by atoms with Crippen LogP contribution in [-0.2, 0) is 14.3 Å². The lowest BCUT2D eigenvalue weighted by Gasteiger charge is -2.15. The molecule has 5 nitrogen and oxygen atoms in total. The largest absolute Gasteiger partial charge is 0.496 e. The van der Waals surface area contributed by atoms with Gasteiger partial charge in [0.2, 0.25) is 5.91 Å². The molecule has 1 aliphatic carbocycles. The molecule has 1 atom stereocenters. The summed E-state index contributed by atoms with van der Waals surface area (Å²) in [6.45, 7) is 0.369. The first-order valence-corrected chi connectivity index (χ1v) is 7.97. The number of carbonyl (C=O) groups excluding carboxylic acids is 2. The number of methoxy groups -OCH3 is 1. The van der Waals surface area contributed by atoms with Crippen LogP contribution in [0.1, 0.15) is 24.3 Å². The maximum atomic E-state index is 12.1. The van der Waals surface area contributed by atoms with Gasteiger partial charge in [-0.1, -0.05) is 6.07 Å². The number of hydrogen-bond acceptors (Lipinski definition) is 5. The zero-order valence-corrected chi connectivity index (χ0v) is 12.9. The van der Waals surface area contributed by atoms with Crippen LogP contribution in [0.3, 0.4) is 0 Å². The molecule has 0 spiro atoms. The van der Waals surface area contributed by atoms with Crippen LogP contribution < -0.4 is 10.5 Å². The van der Waals surface area contributed by atoms with E-state index in [0.717, 1.165) is 17.7 Å². The summed E-state index contributed by atoms with van der Waals surface area (Å²) in [6.07, 6.45) is 4.05. The van der Waals surface area contributed by atoms with Crippen molar-refractivity contribution in [2.45, 2.75) is 23.7 Å². The fourth-order valence-electron chi connectivity index (χ4n) is 2.02. The Kier molecular flexibility index (Phi) is 5.12. The first-order chi connectivity index (χ1) is 10.1. The summed E-state index contributed by atoms with van der Waals surface area (Å²) in [5.41, 5.74) is 5.91. The standard InChI is InChI=1S/C15H19NO4S/c1-19-11-6-5-10(7-12(11)21-2)13(14(16)17)15(18)20-8-9-3-4-9/h5-7,9,13H,3-4,8H2,1-2H3,(H2,16,17). The molecule has 0 radical (unpaired) electrons. The van der Waals surface area contributed by atoms with Gasteiger partial charge >= 0.3 is 5.97 Å². The second-order valence-electron chi connectivity index (χ2n) is 5.02. The van der Waals surface area contributed by atoms with Crippen LogP contribution >= 0.6 is 11.8 Å². The van der Waals surface area contributed by atoms with Crippen LogP contribution in [0.2, 0.25) is 0 Å². The van der Waals surface area contributed by atoms with E-state index >= 15 is 0 Å². The van der Waals surface area contributed by atoms with Crippen LogP contribution in [0.5, 0.6) is 5.75 Å². The zero-order valence-electron chi connectivity index (χ0n) is 12.1. The SMILES string of the molecule is COc1ccc(C(C(N)=O)C(=O)OCC2CC2)cc1SC. The van der Waals surface area contributed by atoms with Crippen LogP contribution in [0, 0.1) is 5.92 Å². The van der Waals surface area contributed by atoms with Crippen molar-refractivity contribution in [2.24, 2.45) is 11.7 Å². The summed E-state index contributed by atoms with van der Waals surface area (Å²) in [6, 6.07) is 5.15. The van der Waals surface area contributed by atoms with Gasteiger partial charge in [-0.05, 0) is 42.7 Å². The molecule has 1 fully saturated rings. The minimum atomic E-state index is -1.07. The predicted molar refractivity (Wildman–Crippen MR) is 80.4 cm³/mol. The highest BCUT2D eigenvalue weighted by Crippen LogP contribution is 2.32. The molecule has 0 saturated heterocycles. The molecule has 114 valence electrons. The number of nitrogens with two attached hydrogens (primary N) is 1. The lowest BCUT2D eigenvalue weighted by atomic mass is 9.98. The highest BCUT2D eigenvalue weighted by atomic mass is 32.2. The average Bonchev–Trinajstić information content (AvgIpc) is 3.29. The second-order valence-corrected chi connectivity index (χ2v) is 5.87. The Hall–Kier alpha value is -1.69. The second kappa shape index (κ2) is 6.85. The quantitative estimate of drug-likeness (QED) is 0.473. The lowest BCUT2D eigenvalue weighted by molar-refractivity contribution is -0.148. The van der Waals surface area contributed by atoms with Gasteiger partial charge < -0.3 is 15.2 Å². The van der Waals surface area contributed by atoms with E-state index in [-0.39, 0.29) is 0 Å². The molecule has 1 unspecified atom stereocenters. The average molecular weight is 309 g/mol. The molecule has 0 aliphatic heterocycles. The van der Waals surface area contributed by atoms with E-state index in [1.165, 1.54) is 11.8 Å². The fraction of sp³-hybridized carbons (Fsp3) is 0.467. The maximum absolute atomic E-state index is 12.1. The molecule has 1 aliphatic rings. The summed E-state index contributed by atoms with van der Waals surface area (Å²) in [5, 5.41) is 0. The molecule has 1 saturated carbocycles. The molecule has 21 heavy (non-hydrogen) atoms. The third kappa shape index (κ3) is 3.91. The molecule has 0 aromatic heterocycles. The van der Waals surface area contributed by atoms with Crippen molar-refractivity contribution in [2.75, 3.05) is 20.0 Å². The van der Waals surface area contributed by atoms with Crippen molar-refractivity contribution in [1.82, 2.24) is 0 Å². The van der Waals surface area contributed by atoms with E-state index in [4.69, 9.17) is 15.2 Å². The molecule has 2 N–H and O–H groups in total. The van der Waals surface area contributed by atoms with Gasteiger partial charge in [-0.15, -0.1) is 11.8 Å². The monoisotopic (exact) mass is 309 g/mol. The molecule has 1 aromatic rings. The molecule has 2 rings (SSSR count). The van der Waals surface area contributed by atoms with Gasteiger partial charge in [-0.3, -0.25) is 9.59 Å². The number of ether oxygens (including phenoxy) is 2. The van der Waals surface area contributed by atoms with E-state index in [2.05, 4.69) is 0 Å². The van der Waals surface area contributed by atoms with Crippen molar-refractivity contribution in [3.8, 4) is 5.75 Å². The number of thioether (sulfide) groups is 1. The van der Waals surface area contributed by atoms with Gasteiger partial charge in [0.1, 0.15) is 5.75 Å². The highest BCUT2D eigenvalue weighted by molar-refractivity contribution is 7.98. The summed E-state index contributed by atoms with van der Waals surface area (Å²) in [7, 11) is 1.57. The van der Waals surface area contributed by atoms with Gasteiger partial charge in [0.25, 0.3) is 0 Å². The first-order valence-electron chi connectivity index (χ1n) is 6.74. The lowest BCUT2D eigenvalue weighted by Crippen LogP contribution is -2.30. The van der Waals surface area contributed by atoms with Gasteiger partial charge in [-0.2, -0.15) is 0 Å². The van der Waals surface area contributed by atoms with E-state index < -0.39 is 17.8 Å². The number of carbonyl (C=O) groups is 2. The topological polar surface area (TPSA) is 78.6 Å². The Morgan fingerprint density at radius 1 is 1.43 bits per heavy atom. The predicted octanol–water partition coefficient (Wildman–Crippen LogP) is 1.94. The Balaban J connectivity index is 2.20. The summed E-state index contributed by atoms with van der Waals surface area (Å²) in [4.78, 5) is 24.6. The minimum absolute atomic E-state index is 0.369. The van der Waals surface area contributed by atoms with E-state index in [1.54, 1.807) is 25.3 Å². The van der Waals surface area contributed by atoms with Crippen LogP contribution in [0.25, 0.3) is 0 Å². The highest BCUT2D eigenvalue weighted by Gasteiger charge is 2.31. The minimum Gasteiger partial charge on any atom is -0.496 e. The Morgan fingerprint density at radius 2 is 2.14 bits per heavy atom. The third-order valence-electron chi connectivity index (χ3n) is 3.42. The molecular formula is C15H19NO4S. The fourth-order valence-corrected chi connectivity index (χ4v) is 2.62. The summed E-state index contributed by atoms with van der Waals surface area (Å²) >= 11 is 1.47. The number of hydrogen-bond donors (Lipinski definition) is 1. The molecule has 0 bridgehead atoms. The smallest absolute Gasteiger partial charge is 0.323 e. The normalized spacial score (nSPS) is 15.3. The summed E-state index contributed by atoms with van der Waals surface area (Å²) < 4.78 is 10.4. The third-order valence-corrected chi connectivity index (χ3v) is 4.18. The van der Waals surface area contributed by atoms with Gasteiger partial charge in [0.15, 0.2) is 5.92 Å². The molecular weight excluding hydrogens is 290 g/mol. The zero-order chi connectivity index (χ0) is 15.4. The van der Waals surface area contributed by atoms with Crippen LogP contribution in [-0.4, -0.2) is 31.8 Å². The van der Waals surface area contributed by atoms with Crippen LogP contribution in [0.4, 0.5) is 0 Å². The first kappa shape index (κ1) is 15.7. The molecule has 0 heterocycles. The molecule has 1 aromatic carbocycles. The number of rotatable bonds is 7. The number of primary amides is 1. The van der Waals surface area contributed by atoms with Crippen molar-refractivity contribution >= 4 is 23.6 Å². The van der Waals surface area contributed by atoms with Gasteiger partial charge in [0, 0.05) is 4.90 Å². The van der Waals surface area contributed by atoms with Crippen molar-refractivity contribution < 1.29 is 19.1 Å². The number of esters is 1. The Labute approximate surface area is 128 Å². The number of amides is 1. The van der Waals surface area contributed by atoms with Crippen molar-refractivity contribution in [3.05, 3.63) is 23.8 Å². The number of benzene rings is 1. The van der Waals surface area contributed by atoms with Crippen molar-refractivity contribution in [1.29, 1.82) is 0 Å². The van der Waals surface area contributed by atoms with E-state index in [0.29, 0.717) is 23.8 Å². The Bertz CT molecular complexity index is 542. The van der Waals surface area contributed by atoms with Crippen LogP contribution in [0.15, 0.2) is 23.1 Å². The molecule has 1 amide bonds. The van der Waals surface area contributed by atoms with E-state index in [1.807, 2.05) is 6.26 Å². The van der Waals surface area contributed by atoms with E-state index in [9.17, 15) is 9.59 Å². The summed E-state index contributed by atoms with van der Waals surface area (Å²) in [5.74, 6) is -1.21. The van der Waals surface area contributed by atoms with Crippen molar-refractivity contribution in [3.63, 3.8) is 0 Å². The molecule has 6 heteroatoms. The Morgan fingerprint density at radius 3 is 2.67 bits per heavy atom. The van der Waals surface area contributed by atoms with Gasteiger partial charge in [0.05, 0.1) is 13.7 Å².